The molecule has 1 aliphatic heterocycles. The number of para-hydroxylation sites is 1. The molecule has 0 spiro atoms. The van der Waals surface area contributed by atoms with E-state index in [1.54, 1.807) is 10.6 Å². The number of hydrogen-bond acceptors (Lipinski definition) is 4. The minimum absolute atomic E-state index is 0.126. The zero-order valence-corrected chi connectivity index (χ0v) is 19.2. The van der Waals surface area contributed by atoms with Crippen LogP contribution in [0.15, 0.2) is 53.3 Å². The van der Waals surface area contributed by atoms with E-state index in [0.29, 0.717) is 13.1 Å². The molecule has 32 heavy (non-hydrogen) atoms. The lowest BCUT2D eigenvalue weighted by Gasteiger charge is -2.28. The Morgan fingerprint density at radius 2 is 1.97 bits per heavy atom. The Balaban J connectivity index is 1.60. The summed E-state index contributed by atoms with van der Waals surface area (Å²) in [6.07, 6.45) is 0.766. The van der Waals surface area contributed by atoms with Gasteiger partial charge >= 0.3 is 0 Å². The number of carbonyl (C=O) groups excluding carboxylic acids is 1. The number of nitrogens with two attached hydrogens (primary N) is 1. The van der Waals surface area contributed by atoms with Gasteiger partial charge < -0.3 is 15.2 Å². The second-order valence-electron chi connectivity index (χ2n) is 8.58. The summed E-state index contributed by atoms with van der Waals surface area (Å²) in [5.74, 6) is 8.24. The third kappa shape index (κ3) is 4.80. The summed E-state index contributed by atoms with van der Waals surface area (Å²) in [7, 11) is -1.55. The van der Waals surface area contributed by atoms with E-state index >= 15 is 0 Å². The molecule has 0 bridgehead atoms. The molecule has 1 amide bonds. The average Bonchev–Trinajstić information content (AvgIpc) is 2.75. The van der Waals surface area contributed by atoms with Gasteiger partial charge in [-0.1, -0.05) is 59.8 Å². The molecule has 0 aliphatic carbocycles. The standard InChI is InChI=1S/C25H30N4O2S/c1-17-7-9-18(10-8-17)16-28-24(30)21-15-19-5-4-6-20-22(27-12-14-32(2,3)26)11-13-29(23(19)20)25(21)31/h4-10,15,22,27H,2-3,11-14,16,26H2,1H3,(H,28,30). The molecule has 3 aromatic rings. The highest BCUT2D eigenvalue weighted by molar-refractivity contribution is 8.25. The summed E-state index contributed by atoms with van der Waals surface area (Å²) in [4.78, 5) is 26.1. The normalized spacial score (nSPS) is 15.6. The number of carbonyl (C=O) groups is 1. The first-order valence-electron chi connectivity index (χ1n) is 10.7. The minimum Gasteiger partial charge on any atom is -0.348 e. The number of nitrogens with zero attached hydrogens (tertiary/aromatic N) is 1. The Kier molecular flexibility index (Phi) is 6.24. The summed E-state index contributed by atoms with van der Waals surface area (Å²) in [5.41, 5.74) is 4.06. The summed E-state index contributed by atoms with van der Waals surface area (Å²) in [6.45, 7) is 3.68. The van der Waals surface area contributed by atoms with Crippen LogP contribution < -0.4 is 21.3 Å². The van der Waals surface area contributed by atoms with Gasteiger partial charge in [0, 0.05) is 31.4 Å². The zero-order valence-electron chi connectivity index (χ0n) is 18.4. The average molecular weight is 451 g/mol. The Morgan fingerprint density at radius 3 is 2.69 bits per heavy atom. The van der Waals surface area contributed by atoms with Crippen LogP contribution in [0.25, 0.3) is 10.9 Å². The molecule has 4 N–H and O–H groups in total. The molecule has 0 saturated carbocycles. The van der Waals surface area contributed by atoms with E-state index in [2.05, 4.69) is 22.4 Å². The number of pyridine rings is 1. The summed E-state index contributed by atoms with van der Waals surface area (Å²) >= 11 is 0. The molecule has 1 unspecified atom stereocenters. The van der Waals surface area contributed by atoms with Crippen LogP contribution in [0.2, 0.25) is 0 Å². The predicted octanol–water partition coefficient (Wildman–Crippen LogP) is 2.82. The van der Waals surface area contributed by atoms with Crippen molar-refractivity contribution in [1.29, 1.82) is 0 Å². The molecule has 0 saturated heterocycles. The highest BCUT2D eigenvalue weighted by atomic mass is 32.2. The fourth-order valence-corrected chi connectivity index (χ4v) is 4.70. The summed E-state index contributed by atoms with van der Waals surface area (Å²) in [5, 5.41) is 13.3. The predicted molar refractivity (Wildman–Crippen MR) is 137 cm³/mol. The number of benzene rings is 2. The molecule has 2 heterocycles. The van der Waals surface area contributed by atoms with Crippen LogP contribution in [0.5, 0.6) is 0 Å². The molecule has 1 atom stereocenters. The van der Waals surface area contributed by atoms with Crippen LogP contribution in [-0.4, -0.2) is 34.5 Å². The number of amides is 1. The van der Waals surface area contributed by atoms with Gasteiger partial charge in [-0.05, 0) is 35.9 Å². The van der Waals surface area contributed by atoms with Crippen molar-refractivity contribution in [2.24, 2.45) is 5.14 Å². The van der Waals surface area contributed by atoms with Gasteiger partial charge in [0.1, 0.15) is 5.56 Å². The van der Waals surface area contributed by atoms with Crippen LogP contribution in [0.1, 0.15) is 39.5 Å². The van der Waals surface area contributed by atoms with Gasteiger partial charge in [0.2, 0.25) is 0 Å². The molecule has 0 radical (unpaired) electrons. The maximum absolute atomic E-state index is 13.2. The van der Waals surface area contributed by atoms with E-state index in [-0.39, 0.29) is 23.1 Å². The number of aromatic nitrogens is 1. The van der Waals surface area contributed by atoms with Crippen LogP contribution in [0.3, 0.4) is 0 Å². The quantitative estimate of drug-likeness (QED) is 0.483. The first kappa shape index (κ1) is 22.3. The molecule has 2 aromatic carbocycles. The first-order chi connectivity index (χ1) is 15.2. The number of aryl methyl sites for hydroxylation is 2. The van der Waals surface area contributed by atoms with E-state index in [1.807, 2.05) is 49.4 Å². The van der Waals surface area contributed by atoms with Crippen molar-refractivity contribution in [3.63, 3.8) is 0 Å². The van der Waals surface area contributed by atoms with Crippen molar-refractivity contribution in [2.75, 3.05) is 12.3 Å². The molecule has 6 nitrogen and oxygen atoms in total. The third-order valence-electron chi connectivity index (χ3n) is 5.88. The maximum Gasteiger partial charge on any atom is 0.263 e. The van der Waals surface area contributed by atoms with Crippen molar-refractivity contribution < 1.29 is 4.79 Å². The minimum atomic E-state index is -1.55. The SMILES string of the molecule is C=S(=C)(N)CCNC1CCn2c(=O)c(C(=O)NCc3ccc(C)cc3)cc3cccc1c32. The number of hydrogen-bond donors (Lipinski definition) is 3. The van der Waals surface area contributed by atoms with Gasteiger partial charge in [-0.2, -0.15) is 9.39 Å². The fourth-order valence-electron chi connectivity index (χ4n) is 4.18. The highest BCUT2D eigenvalue weighted by Gasteiger charge is 2.24. The van der Waals surface area contributed by atoms with Gasteiger partial charge in [-0.25, -0.2) is 0 Å². The lowest BCUT2D eigenvalue weighted by molar-refractivity contribution is 0.0949. The Morgan fingerprint density at radius 1 is 1.22 bits per heavy atom. The van der Waals surface area contributed by atoms with Gasteiger partial charge in [0.25, 0.3) is 11.5 Å². The lowest BCUT2D eigenvalue weighted by Crippen LogP contribution is -2.37. The van der Waals surface area contributed by atoms with Crippen molar-refractivity contribution in [3.8, 4) is 0 Å². The van der Waals surface area contributed by atoms with Crippen molar-refractivity contribution in [3.05, 3.63) is 81.1 Å². The first-order valence-corrected chi connectivity index (χ1v) is 12.9. The molecule has 0 fully saturated rings. The smallest absolute Gasteiger partial charge is 0.263 e. The maximum atomic E-state index is 13.2. The van der Waals surface area contributed by atoms with Crippen molar-refractivity contribution in [1.82, 2.24) is 15.2 Å². The van der Waals surface area contributed by atoms with Gasteiger partial charge in [0.15, 0.2) is 0 Å². The molecule has 4 rings (SSSR count). The van der Waals surface area contributed by atoms with Gasteiger partial charge in [-0.15, -0.1) is 0 Å². The Bertz CT molecular complexity index is 1320. The third-order valence-corrected chi connectivity index (χ3v) is 6.90. The van der Waals surface area contributed by atoms with E-state index in [4.69, 9.17) is 5.14 Å². The van der Waals surface area contributed by atoms with Crippen molar-refractivity contribution >= 4 is 37.9 Å². The van der Waals surface area contributed by atoms with E-state index in [1.165, 1.54) is 0 Å². The topological polar surface area (TPSA) is 89.2 Å². The molecule has 168 valence electrons. The second kappa shape index (κ2) is 8.94. The van der Waals surface area contributed by atoms with Crippen molar-refractivity contribution in [2.45, 2.75) is 32.5 Å². The van der Waals surface area contributed by atoms with Crippen LogP contribution >= 0.6 is 9.39 Å². The van der Waals surface area contributed by atoms with Gasteiger partial charge in [-0.3, -0.25) is 14.7 Å². The molecular weight excluding hydrogens is 420 g/mol. The fraction of sp³-hybridized carbons (Fsp3) is 0.280. The summed E-state index contributed by atoms with van der Waals surface area (Å²) < 4.78 is 1.74. The highest BCUT2D eigenvalue weighted by Crippen LogP contribution is 2.31. The second-order valence-corrected chi connectivity index (χ2v) is 11.2. The van der Waals surface area contributed by atoms with E-state index in [9.17, 15) is 9.59 Å². The van der Waals surface area contributed by atoms with Crippen LogP contribution in [0.4, 0.5) is 0 Å². The van der Waals surface area contributed by atoms with Crippen LogP contribution in [0, 0.1) is 6.92 Å². The molecular formula is C25H30N4O2S. The number of rotatable bonds is 7. The Labute approximate surface area is 189 Å². The summed E-state index contributed by atoms with van der Waals surface area (Å²) in [6, 6.07) is 15.8. The number of nitrogens with one attached hydrogen (secondary N) is 2. The molecule has 1 aromatic heterocycles. The van der Waals surface area contributed by atoms with E-state index < -0.39 is 9.39 Å². The van der Waals surface area contributed by atoms with Crippen LogP contribution in [-0.2, 0) is 13.1 Å². The monoisotopic (exact) mass is 450 g/mol. The molecule has 1 aliphatic rings. The molecule has 7 heteroatoms. The Hall–Kier alpha value is -2.87. The lowest BCUT2D eigenvalue weighted by atomic mass is 9.95. The largest absolute Gasteiger partial charge is 0.348 e. The van der Waals surface area contributed by atoms with E-state index in [0.717, 1.165) is 46.3 Å². The zero-order chi connectivity index (χ0) is 22.9. The van der Waals surface area contributed by atoms with Gasteiger partial charge in [0.05, 0.1) is 5.52 Å².